The van der Waals surface area contributed by atoms with Gasteiger partial charge in [0.25, 0.3) is 0 Å². The van der Waals surface area contributed by atoms with Gasteiger partial charge in [0.15, 0.2) is 0 Å². The molecule has 0 aromatic heterocycles. The summed E-state index contributed by atoms with van der Waals surface area (Å²) in [5.74, 6) is 0.0263. The number of hydrogen-bond donors (Lipinski definition) is 0. The smallest absolute Gasteiger partial charge is 0.308 e. The summed E-state index contributed by atoms with van der Waals surface area (Å²) in [5.41, 5.74) is 2.49. The zero-order valence-corrected chi connectivity index (χ0v) is 11.4. The molecular formula is C15H22O2. The second-order valence-corrected chi connectivity index (χ2v) is 4.94. The van der Waals surface area contributed by atoms with Crippen LogP contribution in [0.5, 0.6) is 0 Å². The fraction of sp³-hybridized carbons (Fsp3) is 0.533. The molecule has 2 atom stereocenters. The van der Waals surface area contributed by atoms with Gasteiger partial charge in [0.05, 0.1) is 5.92 Å². The van der Waals surface area contributed by atoms with Crippen LogP contribution in [0.3, 0.4) is 0 Å². The minimum absolute atomic E-state index is 0.0680. The number of rotatable bonds is 4. The van der Waals surface area contributed by atoms with Gasteiger partial charge in [0.2, 0.25) is 0 Å². The molecular weight excluding hydrogens is 212 g/mol. The van der Waals surface area contributed by atoms with Crippen LogP contribution >= 0.6 is 0 Å². The lowest BCUT2D eigenvalue weighted by molar-refractivity contribution is -0.152. The Morgan fingerprint density at radius 1 is 1.12 bits per heavy atom. The highest BCUT2D eigenvalue weighted by Gasteiger charge is 2.20. The first-order valence-corrected chi connectivity index (χ1v) is 6.19. The molecule has 0 bridgehead atoms. The maximum absolute atomic E-state index is 11.6. The van der Waals surface area contributed by atoms with Crippen molar-refractivity contribution in [1.82, 2.24) is 0 Å². The minimum Gasteiger partial charge on any atom is -0.462 e. The Labute approximate surface area is 104 Å². The Bertz CT molecular complexity index is 382. The van der Waals surface area contributed by atoms with Gasteiger partial charge in [0, 0.05) is 5.92 Å². The molecule has 17 heavy (non-hydrogen) atoms. The summed E-state index contributed by atoms with van der Waals surface area (Å²) in [6.45, 7) is 9.85. The van der Waals surface area contributed by atoms with Gasteiger partial charge in [-0.1, -0.05) is 45.0 Å². The van der Waals surface area contributed by atoms with E-state index >= 15 is 0 Å². The monoisotopic (exact) mass is 234 g/mol. The van der Waals surface area contributed by atoms with Crippen LogP contribution in [0.2, 0.25) is 0 Å². The quantitative estimate of drug-likeness (QED) is 0.743. The summed E-state index contributed by atoms with van der Waals surface area (Å²) in [4.78, 5) is 11.6. The molecule has 1 aromatic carbocycles. The molecule has 0 saturated heterocycles. The number of aryl methyl sites for hydroxylation is 1. The molecule has 0 aliphatic carbocycles. The average Bonchev–Trinajstić information content (AvgIpc) is 2.28. The van der Waals surface area contributed by atoms with Gasteiger partial charge in [-0.05, 0) is 25.0 Å². The molecule has 0 saturated carbocycles. The highest BCUT2D eigenvalue weighted by molar-refractivity contribution is 5.71. The molecule has 0 aliphatic rings. The van der Waals surface area contributed by atoms with Crippen molar-refractivity contribution < 1.29 is 9.53 Å². The second-order valence-electron chi connectivity index (χ2n) is 4.94. The Balaban J connectivity index is 2.73. The van der Waals surface area contributed by atoms with Crippen LogP contribution in [-0.4, -0.2) is 12.1 Å². The van der Waals surface area contributed by atoms with E-state index in [2.05, 4.69) is 26.0 Å². The summed E-state index contributed by atoms with van der Waals surface area (Å²) in [6, 6.07) is 8.23. The lowest BCUT2D eigenvalue weighted by Gasteiger charge is -2.23. The van der Waals surface area contributed by atoms with Crippen molar-refractivity contribution in [3.63, 3.8) is 0 Å². The summed E-state index contributed by atoms with van der Waals surface area (Å²) < 4.78 is 5.44. The number of carbonyl (C=O) groups is 1. The predicted molar refractivity (Wildman–Crippen MR) is 70.0 cm³/mol. The van der Waals surface area contributed by atoms with E-state index < -0.39 is 0 Å². The van der Waals surface area contributed by atoms with Gasteiger partial charge in [-0.25, -0.2) is 0 Å². The Kier molecular flexibility index (Phi) is 4.73. The molecule has 1 rings (SSSR count). The van der Waals surface area contributed by atoms with Crippen LogP contribution in [0.25, 0.3) is 0 Å². The van der Waals surface area contributed by atoms with Crippen molar-refractivity contribution >= 4 is 5.97 Å². The maximum Gasteiger partial charge on any atom is 0.308 e. The molecule has 0 unspecified atom stereocenters. The van der Waals surface area contributed by atoms with E-state index in [9.17, 15) is 4.79 Å². The first-order chi connectivity index (χ1) is 7.93. The summed E-state index contributed by atoms with van der Waals surface area (Å²) in [7, 11) is 0. The molecule has 0 spiro atoms. The van der Waals surface area contributed by atoms with Gasteiger partial charge in [-0.3, -0.25) is 4.79 Å². The van der Waals surface area contributed by atoms with E-state index in [1.807, 2.05) is 32.9 Å². The summed E-state index contributed by atoms with van der Waals surface area (Å²) in [6.07, 6.45) is -0.0917. The summed E-state index contributed by atoms with van der Waals surface area (Å²) in [5, 5.41) is 0. The molecule has 0 aliphatic heterocycles. The Morgan fingerprint density at radius 3 is 2.24 bits per heavy atom. The molecule has 0 N–H and O–H groups in total. The Morgan fingerprint density at radius 2 is 1.71 bits per heavy atom. The summed E-state index contributed by atoms with van der Waals surface area (Å²) >= 11 is 0. The maximum atomic E-state index is 11.6. The van der Waals surface area contributed by atoms with E-state index in [-0.39, 0.29) is 23.9 Å². The van der Waals surface area contributed by atoms with Crippen LogP contribution in [0.4, 0.5) is 0 Å². The van der Waals surface area contributed by atoms with Gasteiger partial charge in [-0.2, -0.15) is 0 Å². The zero-order chi connectivity index (χ0) is 13.0. The normalized spacial score (nSPS) is 14.5. The second kappa shape index (κ2) is 5.85. The third kappa shape index (κ3) is 3.58. The number of carbonyl (C=O) groups excluding carboxylic acids is 1. The highest BCUT2D eigenvalue weighted by Crippen LogP contribution is 2.24. The van der Waals surface area contributed by atoms with Crippen molar-refractivity contribution in [2.75, 3.05) is 0 Å². The fourth-order valence-electron chi connectivity index (χ4n) is 1.77. The topological polar surface area (TPSA) is 26.3 Å². The molecule has 2 heteroatoms. The van der Waals surface area contributed by atoms with Gasteiger partial charge < -0.3 is 4.74 Å². The fourth-order valence-corrected chi connectivity index (χ4v) is 1.77. The van der Waals surface area contributed by atoms with Crippen molar-refractivity contribution in [2.45, 2.75) is 46.6 Å². The number of ether oxygens (including phenoxy) is 1. The van der Waals surface area contributed by atoms with Crippen LogP contribution in [0, 0.1) is 12.8 Å². The highest BCUT2D eigenvalue weighted by atomic mass is 16.5. The van der Waals surface area contributed by atoms with E-state index in [0.717, 1.165) is 0 Å². The largest absolute Gasteiger partial charge is 0.462 e. The first kappa shape index (κ1) is 13.8. The molecule has 2 nitrogen and oxygen atoms in total. The number of esters is 1. The first-order valence-electron chi connectivity index (χ1n) is 6.19. The van der Waals surface area contributed by atoms with Crippen molar-refractivity contribution in [1.29, 1.82) is 0 Å². The number of hydrogen-bond acceptors (Lipinski definition) is 2. The van der Waals surface area contributed by atoms with E-state index in [1.54, 1.807) is 0 Å². The SMILES string of the molecule is Cc1ccccc1[C@H](C)[C@H](C)OC(=O)C(C)C. The lowest BCUT2D eigenvalue weighted by atomic mass is 9.92. The van der Waals surface area contributed by atoms with Crippen LogP contribution < -0.4 is 0 Å². The minimum atomic E-state index is -0.127. The molecule has 0 amide bonds. The van der Waals surface area contributed by atoms with Crippen LogP contribution in [0.1, 0.15) is 44.7 Å². The van der Waals surface area contributed by atoms with Crippen molar-refractivity contribution in [3.05, 3.63) is 35.4 Å². The molecule has 0 radical (unpaired) electrons. The van der Waals surface area contributed by atoms with Gasteiger partial charge in [-0.15, -0.1) is 0 Å². The zero-order valence-electron chi connectivity index (χ0n) is 11.4. The average molecular weight is 234 g/mol. The van der Waals surface area contributed by atoms with Crippen LogP contribution in [-0.2, 0) is 9.53 Å². The molecule has 0 heterocycles. The standard InChI is InChI=1S/C15H22O2/c1-10(2)15(16)17-13(5)12(4)14-9-7-6-8-11(14)3/h6-10,12-13H,1-5H3/t12-,13+/m1/s1. The number of benzene rings is 1. The third-order valence-electron chi connectivity index (χ3n) is 3.16. The lowest BCUT2D eigenvalue weighted by Crippen LogP contribution is -2.24. The van der Waals surface area contributed by atoms with E-state index in [1.165, 1.54) is 11.1 Å². The van der Waals surface area contributed by atoms with Crippen LogP contribution in [0.15, 0.2) is 24.3 Å². The molecule has 0 fully saturated rings. The van der Waals surface area contributed by atoms with Gasteiger partial charge in [0.1, 0.15) is 6.10 Å². The van der Waals surface area contributed by atoms with Crippen molar-refractivity contribution in [2.24, 2.45) is 5.92 Å². The van der Waals surface area contributed by atoms with E-state index in [4.69, 9.17) is 4.74 Å². The Hall–Kier alpha value is -1.31. The van der Waals surface area contributed by atoms with Gasteiger partial charge >= 0.3 is 5.97 Å². The predicted octanol–water partition coefficient (Wildman–Crippen LogP) is 3.69. The molecule has 94 valence electrons. The third-order valence-corrected chi connectivity index (χ3v) is 3.16. The van der Waals surface area contributed by atoms with E-state index in [0.29, 0.717) is 0 Å². The van der Waals surface area contributed by atoms with Crippen molar-refractivity contribution in [3.8, 4) is 0 Å². The molecule has 1 aromatic rings.